The molecule has 1 unspecified atom stereocenters. The van der Waals surface area contributed by atoms with E-state index in [1.165, 1.54) is 11.2 Å². The van der Waals surface area contributed by atoms with Crippen LogP contribution >= 0.6 is 0 Å². The third-order valence-electron chi connectivity index (χ3n) is 4.66. The number of nitrogens with one attached hydrogen (secondary N) is 2. The second-order valence-corrected chi connectivity index (χ2v) is 8.27. The summed E-state index contributed by atoms with van der Waals surface area (Å²) in [5, 5.41) is 2.90. The van der Waals surface area contributed by atoms with Gasteiger partial charge >= 0.3 is 12.0 Å². The zero-order chi connectivity index (χ0) is 22.6. The Morgan fingerprint density at radius 3 is 2.47 bits per heavy atom. The molecule has 0 aliphatic rings. The number of aromatic amines is 1. The predicted octanol–water partition coefficient (Wildman–Crippen LogP) is 3.98. The second kappa shape index (κ2) is 9.19. The van der Waals surface area contributed by atoms with Crippen molar-refractivity contribution >= 4 is 17.8 Å². The number of amides is 2. The number of H-pyrrole nitrogens is 1. The van der Waals surface area contributed by atoms with Gasteiger partial charge in [-0.15, -0.1) is 0 Å². The number of aryl methyl sites for hydroxylation is 1. The minimum absolute atomic E-state index is 0.134. The van der Waals surface area contributed by atoms with Gasteiger partial charge in [0, 0.05) is 16.8 Å². The zero-order valence-electron chi connectivity index (χ0n) is 18.7. The molecule has 8 nitrogen and oxygen atoms in total. The van der Waals surface area contributed by atoms with Crippen molar-refractivity contribution < 1.29 is 23.5 Å². The Hall–Kier alpha value is -3.03. The van der Waals surface area contributed by atoms with Crippen LogP contribution in [0.2, 0.25) is 0 Å². The summed E-state index contributed by atoms with van der Waals surface area (Å²) in [6.07, 6.45) is 1.52. The maximum atomic E-state index is 13.4. The lowest BCUT2D eigenvalue weighted by molar-refractivity contribution is 0.0519. The van der Waals surface area contributed by atoms with E-state index in [1.807, 2.05) is 20.8 Å². The van der Waals surface area contributed by atoms with Crippen LogP contribution in [0.5, 0.6) is 0 Å². The van der Waals surface area contributed by atoms with E-state index in [0.29, 0.717) is 22.6 Å². The molecule has 0 spiro atoms. The van der Waals surface area contributed by atoms with Gasteiger partial charge < -0.3 is 24.4 Å². The first-order valence-corrected chi connectivity index (χ1v) is 9.98. The lowest BCUT2D eigenvalue weighted by Crippen LogP contribution is -2.52. The van der Waals surface area contributed by atoms with Crippen molar-refractivity contribution in [1.82, 2.24) is 15.2 Å². The van der Waals surface area contributed by atoms with E-state index in [-0.39, 0.29) is 30.7 Å². The minimum Gasteiger partial charge on any atom is -0.467 e. The number of hydrogen-bond donors (Lipinski definition) is 2. The number of furan rings is 1. The van der Waals surface area contributed by atoms with Gasteiger partial charge in [0.1, 0.15) is 11.5 Å². The standard InChI is InChI=1S/C22H31N3O5/c1-8-29-20(27)18-13(2)17(14(3)23-18)19(26)15(4)25(12-16-10-9-11-30-16)21(28)24-22(5,6)7/h9-11,15,23H,8,12H2,1-7H3,(H,24,28). The number of hydrogen-bond acceptors (Lipinski definition) is 5. The third kappa shape index (κ3) is 5.31. The molecular weight excluding hydrogens is 386 g/mol. The zero-order valence-corrected chi connectivity index (χ0v) is 18.7. The number of nitrogens with zero attached hydrogens (tertiary/aromatic N) is 1. The molecule has 2 aromatic heterocycles. The molecule has 0 aliphatic carbocycles. The number of Topliss-reactive ketones (excluding diaryl/α,β-unsaturated/α-hetero) is 1. The van der Waals surface area contributed by atoms with Gasteiger partial charge in [0.2, 0.25) is 0 Å². The summed E-state index contributed by atoms with van der Waals surface area (Å²) < 4.78 is 10.4. The number of urea groups is 1. The molecule has 0 aliphatic heterocycles. The predicted molar refractivity (Wildman–Crippen MR) is 113 cm³/mol. The van der Waals surface area contributed by atoms with Gasteiger partial charge in [-0.3, -0.25) is 4.79 Å². The average molecular weight is 418 g/mol. The third-order valence-corrected chi connectivity index (χ3v) is 4.66. The molecule has 0 saturated heterocycles. The molecule has 30 heavy (non-hydrogen) atoms. The van der Waals surface area contributed by atoms with Crippen LogP contribution in [0.15, 0.2) is 22.8 Å². The molecule has 8 heteroatoms. The maximum absolute atomic E-state index is 13.4. The maximum Gasteiger partial charge on any atom is 0.355 e. The van der Waals surface area contributed by atoms with Crippen LogP contribution in [0.4, 0.5) is 4.79 Å². The molecule has 2 rings (SSSR count). The van der Waals surface area contributed by atoms with Crippen molar-refractivity contribution in [2.75, 3.05) is 6.61 Å². The Balaban J connectivity index is 2.37. The van der Waals surface area contributed by atoms with Gasteiger partial charge in [0.05, 0.1) is 25.5 Å². The lowest BCUT2D eigenvalue weighted by atomic mass is 9.99. The molecule has 164 valence electrons. The highest BCUT2D eigenvalue weighted by molar-refractivity contribution is 6.06. The number of ketones is 1. The van der Waals surface area contributed by atoms with E-state index < -0.39 is 17.6 Å². The number of esters is 1. The molecular formula is C22H31N3O5. The molecule has 0 fully saturated rings. The molecule has 2 heterocycles. The number of ether oxygens (including phenoxy) is 1. The minimum atomic E-state index is -0.791. The summed E-state index contributed by atoms with van der Waals surface area (Å²) in [5.41, 5.74) is 1.23. The second-order valence-electron chi connectivity index (χ2n) is 8.27. The van der Waals surface area contributed by atoms with Gasteiger partial charge in [-0.05, 0) is 66.2 Å². The largest absolute Gasteiger partial charge is 0.467 e. The van der Waals surface area contributed by atoms with E-state index in [9.17, 15) is 14.4 Å². The number of carbonyl (C=O) groups is 3. The summed E-state index contributed by atoms with van der Waals surface area (Å²) in [4.78, 5) is 42.9. The van der Waals surface area contributed by atoms with Crippen LogP contribution < -0.4 is 5.32 Å². The molecule has 0 radical (unpaired) electrons. The van der Waals surface area contributed by atoms with Crippen LogP contribution in [-0.4, -0.2) is 45.9 Å². The highest BCUT2D eigenvalue weighted by atomic mass is 16.5. The first-order chi connectivity index (χ1) is 14.0. The van der Waals surface area contributed by atoms with Crippen molar-refractivity contribution in [3.8, 4) is 0 Å². The summed E-state index contributed by atoms with van der Waals surface area (Å²) in [6.45, 7) is 12.8. The fourth-order valence-corrected chi connectivity index (χ4v) is 3.23. The highest BCUT2D eigenvalue weighted by Gasteiger charge is 2.33. The fraction of sp³-hybridized carbons (Fsp3) is 0.500. The fourth-order valence-electron chi connectivity index (χ4n) is 3.23. The van der Waals surface area contributed by atoms with Crippen molar-refractivity contribution in [3.05, 3.63) is 46.7 Å². The number of aromatic nitrogens is 1. The van der Waals surface area contributed by atoms with Crippen molar-refractivity contribution in [3.63, 3.8) is 0 Å². The lowest BCUT2D eigenvalue weighted by Gasteiger charge is -2.31. The quantitative estimate of drug-likeness (QED) is 0.524. The summed E-state index contributed by atoms with van der Waals surface area (Å²) in [7, 11) is 0. The Bertz CT molecular complexity index is 906. The molecule has 0 bridgehead atoms. The first kappa shape index (κ1) is 23.3. The van der Waals surface area contributed by atoms with Gasteiger partial charge in [0.25, 0.3) is 0 Å². The average Bonchev–Trinajstić information content (AvgIpc) is 3.25. The highest BCUT2D eigenvalue weighted by Crippen LogP contribution is 2.23. The van der Waals surface area contributed by atoms with Crippen LogP contribution in [0.25, 0.3) is 0 Å². The number of carbonyl (C=O) groups excluding carboxylic acids is 3. The van der Waals surface area contributed by atoms with Crippen LogP contribution in [0, 0.1) is 13.8 Å². The molecule has 0 aromatic carbocycles. The SMILES string of the molecule is CCOC(=O)c1[nH]c(C)c(C(=O)C(C)N(Cc2ccco2)C(=O)NC(C)(C)C)c1C. The van der Waals surface area contributed by atoms with Crippen LogP contribution in [-0.2, 0) is 11.3 Å². The first-order valence-electron chi connectivity index (χ1n) is 9.98. The van der Waals surface area contributed by atoms with E-state index >= 15 is 0 Å². The Morgan fingerprint density at radius 2 is 1.93 bits per heavy atom. The summed E-state index contributed by atoms with van der Waals surface area (Å²) in [5.74, 6) is -0.219. The molecule has 1 atom stereocenters. The van der Waals surface area contributed by atoms with Crippen LogP contribution in [0.3, 0.4) is 0 Å². The molecule has 2 amide bonds. The number of rotatable bonds is 7. The Kier molecular flexibility index (Phi) is 7.12. The van der Waals surface area contributed by atoms with Gasteiger partial charge in [-0.2, -0.15) is 0 Å². The Morgan fingerprint density at radius 1 is 1.27 bits per heavy atom. The van der Waals surface area contributed by atoms with E-state index in [2.05, 4.69) is 10.3 Å². The topological polar surface area (TPSA) is 105 Å². The van der Waals surface area contributed by atoms with Crippen molar-refractivity contribution in [2.45, 2.75) is 66.6 Å². The molecule has 2 aromatic rings. The van der Waals surface area contributed by atoms with Gasteiger partial charge in [0.15, 0.2) is 5.78 Å². The van der Waals surface area contributed by atoms with Crippen molar-refractivity contribution in [1.29, 1.82) is 0 Å². The summed E-state index contributed by atoms with van der Waals surface area (Å²) >= 11 is 0. The van der Waals surface area contributed by atoms with E-state index in [1.54, 1.807) is 39.8 Å². The van der Waals surface area contributed by atoms with Gasteiger partial charge in [-0.1, -0.05) is 0 Å². The normalized spacial score (nSPS) is 12.4. The van der Waals surface area contributed by atoms with E-state index in [4.69, 9.17) is 9.15 Å². The Labute approximate surface area is 177 Å². The molecule has 0 saturated carbocycles. The van der Waals surface area contributed by atoms with Gasteiger partial charge in [-0.25, -0.2) is 9.59 Å². The monoisotopic (exact) mass is 417 g/mol. The van der Waals surface area contributed by atoms with Crippen LogP contribution in [0.1, 0.15) is 72.5 Å². The smallest absolute Gasteiger partial charge is 0.355 e. The van der Waals surface area contributed by atoms with Crippen molar-refractivity contribution in [2.24, 2.45) is 0 Å². The van der Waals surface area contributed by atoms with E-state index in [0.717, 1.165) is 0 Å². The summed E-state index contributed by atoms with van der Waals surface area (Å²) in [6, 6.07) is 2.31. The molecule has 2 N–H and O–H groups in total.